The number of hydrogen-bond donors (Lipinski definition) is 1. The molecule has 98 valence electrons. The van der Waals surface area contributed by atoms with E-state index in [4.69, 9.17) is 0 Å². The second-order valence-electron chi connectivity index (χ2n) is 4.71. The van der Waals surface area contributed by atoms with E-state index in [0.717, 1.165) is 5.70 Å². The summed E-state index contributed by atoms with van der Waals surface area (Å²) in [6.07, 6.45) is -5.83. The largest absolute Gasteiger partial charge is 0.427 e. The SMILES string of the molecule is CN1CCN2C(=C(N(C)C)NC2C(F)(F)F)C1. The van der Waals surface area contributed by atoms with Crippen LogP contribution in [0.2, 0.25) is 0 Å². The molecule has 0 saturated carbocycles. The molecule has 0 aromatic carbocycles. The monoisotopic (exact) mass is 250 g/mol. The summed E-state index contributed by atoms with van der Waals surface area (Å²) in [5.74, 6) is 0.568. The highest BCUT2D eigenvalue weighted by molar-refractivity contribution is 5.22. The topological polar surface area (TPSA) is 21.8 Å². The molecule has 1 unspecified atom stereocenters. The van der Waals surface area contributed by atoms with Crippen LogP contribution < -0.4 is 5.32 Å². The van der Waals surface area contributed by atoms with Gasteiger partial charge in [0.25, 0.3) is 0 Å². The highest BCUT2D eigenvalue weighted by Gasteiger charge is 2.50. The zero-order valence-electron chi connectivity index (χ0n) is 10.2. The van der Waals surface area contributed by atoms with Gasteiger partial charge in [-0.3, -0.25) is 4.90 Å². The van der Waals surface area contributed by atoms with Gasteiger partial charge in [-0.1, -0.05) is 0 Å². The number of alkyl halides is 3. The minimum absolute atomic E-state index is 0.403. The molecule has 1 saturated heterocycles. The molecule has 1 fully saturated rings. The molecule has 1 atom stereocenters. The van der Waals surface area contributed by atoms with Crippen LogP contribution in [0.1, 0.15) is 0 Å². The molecule has 2 aliphatic heterocycles. The summed E-state index contributed by atoms with van der Waals surface area (Å²) in [6.45, 7) is 1.60. The maximum atomic E-state index is 12.9. The normalized spacial score (nSPS) is 26.0. The molecule has 2 rings (SSSR count). The molecule has 0 amide bonds. The fourth-order valence-corrected chi connectivity index (χ4v) is 2.27. The van der Waals surface area contributed by atoms with Gasteiger partial charge in [0, 0.05) is 33.7 Å². The molecule has 4 nitrogen and oxygen atoms in total. The average molecular weight is 250 g/mol. The zero-order chi connectivity index (χ0) is 12.8. The van der Waals surface area contributed by atoms with Gasteiger partial charge in [-0.2, -0.15) is 13.2 Å². The van der Waals surface area contributed by atoms with E-state index in [1.54, 1.807) is 19.0 Å². The summed E-state index contributed by atoms with van der Waals surface area (Å²) in [5, 5.41) is 2.57. The molecule has 1 N–H and O–H groups in total. The van der Waals surface area contributed by atoms with Gasteiger partial charge in [-0.25, -0.2) is 0 Å². The van der Waals surface area contributed by atoms with Gasteiger partial charge in [0.2, 0.25) is 0 Å². The third-order valence-electron chi connectivity index (χ3n) is 3.10. The first-order valence-electron chi connectivity index (χ1n) is 5.49. The summed E-state index contributed by atoms with van der Waals surface area (Å²) in [4.78, 5) is 5.15. The van der Waals surface area contributed by atoms with Crippen LogP contribution in [-0.4, -0.2) is 67.8 Å². The molecule has 0 aliphatic carbocycles. The lowest BCUT2D eigenvalue weighted by atomic mass is 10.2. The van der Waals surface area contributed by atoms with Crippen LogP contribution in [0.25, 0.3) is 0 Å². The Morgan fingerprint density at radius 2 is 1.94 bits per heavy atom. The Morgan fingerprint density at radius 3 is 2.47 bits per heavy atom. The number of halogens is 3. The molecule has 2 aliphatic rings. The quantitative estimate of drug-likeness (QED) is 0.729. The van der Waals surface area contributed by atoms with E-state index >= 15 is 0 Å². The molecule has 2 heterocycles. The molecule has 0 bridgehead atoms. The lowest BCUT2D eigenvalue weighted by molar-refractivity contribution is -0.183. The van der Waals surface area contributed by atoms with Crippen LogP contribution in [0.15, 0.2) is 11.5 Å². The smallest absolute Gasteiger partial charge is 0.363 e. The van der Waals surface area contributed by atoms with E-state index < -0.39 is 12.3 Å². The summed E-state index contributed by atoms with van der Waals surface area (Å²) < 4.78 is 38.7. The molecular formula is C10H17F3N4. The van der Waals surface area contributed by atoms with Crippen LogP contribution in [-0.2, 0) is 0 Å². The van der Waals surface area contributed by atoms with Gasteiger partial charge in [0.1, 0.15) is 5.82 Å². The van der Waals surface area contributed by atoms with Crippen molar-refractivity contribution in [2.45, 2.75) is 12.3 Å². The standard InChI is InChI=1S/C10H17F3N4/c1-15(2)8-7-6-16(3)4-5-17(7)9(14-8)10(11,12)13/h9,14H,4-6H2,1-3H3. The van der Waals surface area contributed by atoms with Gasteiger partial charge in [0.15, 0.2) is 6.17 Å². The van der Waals surface area contributed by atoms with E-state index in [1.807, 2.05) is 11.9 Å². The fourth-order valence-electron chi connectivity index (χ4n) is 2.27. The summed E-state index contributed by atoms with van der Waals surface area (Å²) in [5.41, 5.74) is 0.728. The average Bonchev–Trinajstić information content (AvgIpc) is 2.55. The second-order valence-corrected chi connectivity index (χ2v) is 4.71. The number of fused-ring (bicyclic) bond motifs is 1. The Balaban J connectivity index is 2.28. The van der Waals surface area contributed by atoms with E-state index in [0.29, 0.717) is 25.5 Å². The van der Waals surface area contributed by atoms with Crippen LogP contribution in [0.5, 0.6) is 0 Å². The lowest BCUT2D eigenvalue weighted by Crippen LogP contribution is -2.53. The molecular weight excluding hydrogens is 233 g/mol. The maximum Gasteiger partial charge on any atom is 0.427 e. The fraction of sp³-hybridized carbons (Fsp3) is 0.800. The van der Waals surface area contributed by atoms with Crippen molar-refractivity contribution in [1.29, 1.82) is 0 Å². The first kappa shape index (κ1) is 12.3. The van der Waals surface area contributed by atoms with Crippen molar-refractivity contribution >= 4 is 0 Å². The Hall–Kier alpha value is -1.11. The van der Waals surface area contributed by atoms with Crippen LogP contribution in [0.3, 0.4) is 0 Å². The highest BCUT2D eigenvalue weighted by atomic mass is 19.4. The highest BCUT2D eigenvalue weighted by Crippen LogP contribution is 2.33. The minimum atomic E-state index is -4.25. The van der Waals surface area contributed by atoms with Gasteiger partial charge >= 0.3 is 6.18 Å². The van der Waals surface area contributed by atoms with E-state index in [-0.39, 0.29) is 0 Å². The number of piperazine rings is 1. The maximum absolute atomic E-state index is 12.9. The van der Waals surface area contributed by atoms with Gasteiger partial charge in [0.05, 0.1) is 5.70 Å². The number of hydrogen-bond acceptors (Lipinski definition) is 4. The Kier molecular flexibility index (Phi) is 2.89. The Labute approximate surface area is 98.6 Å². The molecule has 7 heteroatoms. The minimum Gasteiger partial charge on any atom is -0.363 e. The van der Waals surface area contributed by atoms with Gasteiger partial charge in [-0.15, -0.1) is 0 Å². The molecule has 0 radical (unpaired) electrons. The van der Waals surface area contributed by atoms with Gasteiger partial charge < -0.3 is 15.1 Å². The summed E-state index contributed by atoms with van der Waals surface area (Å²) in [6, 6.07) is 0. The number of likely N-dealkylation sites (N-methyl/N-ethyl adjacent to an activating group) is 1. The predicted octanol–water partition coefficient (Wildman–Crippen LogP) is 0.456. The van der Waals surface area contributed by atoms with Crippen LogP contribution in [0.4, 0.5) is 13.2 Å². The van der Waals surface area contributed by atoms with Crippen molar-refractivity contribution in [3.8, 4) is 0 Å². The van der Waals surface area contributed by atoms with Crippen molar-refractivity contribution in [3.63, 3.8) is 0 Å². The molecule has 0 spiro atoms. The third-order valence-corrected chi connectivity index (χ3v) is 3.10. The van der Waals surface area contributed by atoms with Crippen molar-refractivity contribution < 1.29 is 13.2 Å². The third kappa shape index (κ3) is 2.15. The first-order valence-corrected chi connectivity index (χ1v) is 5.49. The van der Waals surface area contributed by atoms with Crippen LogP contribution in [0, 0.1) is 0 Å². The van der Waals surface area contributed by atoms with Crippen molar-refractivity contribution in [2.75, 3.05) is 40.8 Å². The Bertz CT molecular complexity index is 337. The first-order chi connectivity index (χ1) is 7.80. The molecule has 17 heavy (non-hydrogen) atoms. The molecule has 0 aromatic heterocycles. The predicted molar refractivity (Wildman–Crippen MR) is 57.9 cm³/mol. The van der Waals surface area contributed by atoms with Gasteiger partial charge in [-0.05, 0) is 7.05 Å². The van der Waals surface area contributed by atoms with Crippen molar-refractivity contribution in [3.05, 3.63) is 11.5 Å². The zero-order valence-corrected chi connectivity index (χ0v) is 10.2. The number of nitrogens with zero attached hydrogens (tertiary/aromatic N) is 3. The van der Waals surface area contributed by atoms with Crippen molar-refractivity contribution in [2.24, 2.45) is 0 Å². The lowest BCUT2D eigenvalue weighted by Gasteiger charge is -2.36. The van der Waals surface area contributed by atoms with E-state index in [9.17, 15) is 13.2 Å². The summed E-state index contributed by atoms with van der Waals surface area (Å²) >= 11 is 0. The van der Waals surface area contributed by atoms with E-state index in [2.05, 4.69) is 5.32 Å². The summed E-state index contributed by atoms with van der Waals surface area (Å²) in [7, 11) is 5.42. The number of nitrogens with one attached hydrogen (secondary N) is 1. The molecule has 0 aromatic rings. The number of rotatable bonds is 1. The Morgan fingerprint density at radius 1 is 1.29 bits per heavy atom. The van der Waals surface area contributed by atoms with E-state index in [1.165, 1.54) is 4.90 Å². The second kappa shape index (κ2) is 3.97. The van der Waals surface area contributed by atoms with Crippen LogP contribution >= 0.6 is 0 Å². The van der Waals surface area contributed by atoms with Crippen molar-refractivity contribution in [1.82, 2.24) is 20.0 Å².